The van der Waals surface area contributed by atoms with Gasteiger partial charge in [0.25, 0.3) is 0 Å². The number of methoxy groups -OCH3 is 1. The highest BCUT2D eigenvalue weighted by molar-refractivity contribution is 6.02. The van der Waals surface area contributed by atoms with E-state index in [1.165, 1.54) is 0 Å². The lowest BCUT2D eigenvalue weighted by molar-refractivity contribution is -0.134. The van der Waals surface area contributed by atoms with Gasteiger partial charge in [-0.15, -0.1) is 0 Å². The molecule has 0 saturated carbocycles. The Hall–Kier alpha value is -3.88. The van der Waals surface area contributed by atoms with E-state index < -0.39 is 6.04 Å². The molecule has 2 amide bonds. The second-order valence-corrected chi connectivity index (χ2v) is 9.15. The molecule has 1 fully saturated rings. The highest BCUT2D eigenvalue weighted by Gasteiger charge is 2.35. The predicted molar refractivity (Wildman–Crippen MR) is 146 cm³/mol. The number of piperazine rings is 1. The van der Waals surface area contributed by atoms with E-state index in [1.54, 1.807) is 24.0 Å². The largest absolute Gasteiger partial charge is 0.496 e. The molecule has 8 heteroatoms. The number of rotatable bonds is 12. The molecule has 1 aliphatic rings. The molecule has 200 valence electrons. The first kappa shape index (κ1) is 27.2. The number of likely N-dealkylation sites (N-methyl/N-ethyl adjacent to an activating group) is 1. The molecule has 0 bridgehead atoms. The van der Waals surface area contributed by atoms with E-state index in [1.807, 2.05) is 78.9 Å². The van der Waals surface area contributed by atoms with Crippen LogP contribution in [0.4, 0.5) is 5.69 Å². The van der Waals surface area contributed by atoms with Crippen LogP contribution in [0.5, 0.6) is 11.5 Å². The van der Waals surface area contributed by atoms with E-state index in [0.29, 0.717) is 44.3 Å². The van der Waals surface area contributed by atoms with E-state index in [2.05, 4.69) is 5.32 Å². The Morgan fingerprint density at radius 3 is 2.50 bits per heavy atom. The fourth-order valence-corrected chi connectivity index (χ4v) is 4.44. The molecule has 0 aromatic heterocycles. The van der Waals surface area contributed by atoms with Gasteiger partial charge in [0.1, 0.15) is 17.5 Å². The van der Waals surface area contributed by atoms with Crippen LogP contribution in [-0.4, -0.2) is 63.2 Å². The Morgan fingerprint density at radius 1 is 1.00 bits per heavy atom. The SMILES string of the molecule is COc1ccccc1COCCCOc1ccc(N2C(=O)CNC[C@@H]2C(=O)N(C)Cc2ccccc2)cc1. The molecule has 0 aliphatic carbocycles. The molecule has 1 N–H and O–H groups in total. The van der Waals surface area contributed by atoms with Gasteiger partial charge in [0.2, 0.25) is 11.8 Å². The molecule has 0 spiro atoms. The molecule has 1 aliphatic heterocycles. The maximum absolute atomic E-state index is 13.3. The smallest absolute Gasteiger partial charge is 0.247 e. The first-order valence-electron chi connectivity index (χ1n) is 12.8. The van der Waals surface area contributed by atoms with Crippen molar-refractivity contribution in [2.24, 2.45) is 0 Å². The van der Waals surface area contributed by atoms with Crippen LogP contribution in [0.15, 0.2) is 78.9 Å². The highest BCUT2D eigenvalue weighted by atomic mass is 16.5. The van der Waals surface area contributed by atoms with Crippen molar-refractivity contribution in [3.63, 3.8) is 0 Å². The third-order valence-corrected chi connectivity index (χ3v) is 6.38. The van der Waals surface area contributed by atoms with Gasteiger partial charge in [0.05, 0.1) is 33.5 Å². The first-order chi connectivity index (χ1) is 18.6. The number of anilines is 1. The minimum Gasteiger partial charge on any atom is -0.496 e. The second kappa shape index (κ2) is 13.6. The standard InChI is InChI=1S/C30H35N3O5/c1-32(21-23-9-4-3-5-10-23)30(35)27-19-31-20-29(34)33(27)25-13-15-26(16-14-25)38-18-8-17-37-22-24-11-6-7-12-28(24)36-2/h3-7,9-16,27,31H,8,17-22H2,1-2H3/t27-/m1/s1. The fraction of sp³-hybridized carbons (Fsp3) is 0.333. The maximum Gasteiger partial charge on any atom is 0.247 e. The van der Waals surface area contributed by atoms with Crippen LogP contribution in [-0.2, 0) is 27.5 Å². The molecule has 1 heterocycles. The number of para-hydroxylation sites is 1. The van der Waals surface area contributed by atoms with Crippen molar-refractivity contribution in [3.8, 4) is 11.5 Å². The summed E-state index contributed by atoms with van der Waals surface area (Å²) in [5.41, 5.74) is 2.73. The van der Waals surface area contributed by atoms with Gasteiger partial charge in [0.15, 0.2) is 0 Å². The van der Waals surface area contributed by atoms with Gasteiger partial charge < -0.3 is 24.4 Å². The Balaban J connectivity index is 1.28. The van der Waals surface area contributed by atoms with Crippen LogP contribution in [0.1, 0.15) is 17.5 Å². The summed E-state index contributed by atoms with van der Waals surface area (Å²) in [4.78, 5) is 29.4. The average molecular weight is 518 g/mol. The van der Waals surface area contributed by atoms with Crippen molar-refractivity contribution in [3.05, 3.63) is 90.0 Å². The summed E-state index contributed by atoms with van der Waals surface area (Å²) in [7, 11) is 3.42. The quantitative estimate of drug-likeness (QED) is 0.370. The molecular formula is C30H35N3O5. The predicted octanol–water partition coefficient (Wildman–Crippen LogP) is 3.64. The number of carbonyl (C=O) groups excluding carboxylic acids is 2. The van der Waals surface area contributed by atoms with Gasteiger partial charge in [-0.1, -0.05) is 48.5 Å². The summed E-state index contributed by atoms with van der Waals surface area (Å²) in [6.45, 7) is 2.62. The van der Waals surface area contributed by atoms with Crippen LogP contribution < -0.4 is 19.7 Å². The average Bonchev–Trinajstić information content (AvgIpc) is 2.95. The molecule has 8 nitrogen and oxygen atoms in total. The van der Waals surface area contributed by atoms with Crippen molar-refractivity contribution >= 4 is 17.5 Å². The molecule has 0 radical (unpaired) electrons. The van der Waals surface area contributed by atoms with Crippen molar-refractivity contribution in [2.75, 3.05) is 45.4 Å². The number of hydrogen-bond acceptors (Lipinski definition) is 6. The van der Waals surface area contributed by atoms with Crippen LogP contribution in [0.2, 0.25) is 0 Å². The normalized spacial score (nSPS) is 15.3. The zero-order valence-electron chi connectivity index (χ0n) is 22.0. The number of nitrogens with zero attached hydrogens (tertiary/aromatic N) is 2. The Kier molecular flexibility index (Phi) is 9.72. The van der Waals surface area contributed by atoms with E-state index in [-0.39, 0.29) is 18.4 Å². The molecule has 1 atom stereocenters. The number of carbonyl (C=O) groups is 2. The van der Waals surface area contributed by atoms with Crippen molar-refractivity contribution in [1.82, 2.24) is 10.2 Å². The molecule has 0 unspecified atom stereocenters. The van der Waals surface area contributed by atoms with Crippen molar-refractivity contribution in [2.45, 2.75) is 25.6 Å². The highest BCUT2D eigenvalue weighted by Crippen LogP contribution is 2.24. The zero-order chi connectivity index (χ0) is 26.7. The van der Waals surface area contributed by atoms with Crippen molar-refractivity contribution < 1.29 is 23.8 Å². The lowest BCUT2D eigenvalue weighted by Crippen LogP contribution is -2.60. The maximum atomic E-state index is 13.3. The second-order valence-electron chi connectivity index (χ2n) is 9.15. The van der Waals surface area contributed by atoms with Crippen LogP contribution >= 0.6 is 0 Å². The van der Waals surface area contributed by atoms with E-state index in [9.17, 15) is 9.59 Å². The number of nitrogens with one attached hydrogen (secondary N) is 1. The van der Waals surface area contributed by atoms with Gasteiger partial charge in [-0.25, -0.2) is 0 Å². The third kappa shape index (κ3) is 7.12. The number of benzene rings is 3. The molecule has 38 heavy (non-hydrogen) atoms. The van der Waals surface area contributed by atoms with Crippen LogP contribution in [0, 0.1) is 0 Å². The minimum absolute atomic E-state index is 0.108. The summed E-state index contributed by atoms with van der Waals surface area (Å²) < 4.78 is 17.0. The van der Waals surface area contributed by atoms with Gasteiger partial charge in [-0.3, -0.25) is 14.5 Å². The summed E-state index contributed by atoms with van der Waals surface area (Å²) in [5, 5.41) is 3.07. The van der Waals surface area contributed by atoms with Gasteiger partial charge in [0, 0.05) is 37.8 Å². The van der Waals surface area contributed by atoms with E-state index >= 15 is 0 Å². The van der Waals surface area contributed by atoms with E-state index in [4.69, 9.17) is 14.2 Å². The summed E-state index contributed by atoms with van der Waals surface area (Å²) in [5.74, 6) is 1.27. The molecule has 3 aromatic rings. The number of ether oxygens (including phenoxy) is 3. The summed E-state index contributed by atoms with van der Waals surface area (Å²) in [6.07, 6.45) is 0.734. The fourth-order valence-electron chi connectivity index (χ4n) is 4.44. The molecular weight excluding hydrogens is 482 g/mol. The Morgan fingerprint density at radius 2 is 1.74 bits per heavy atom. The molecule has 4 rings (SSSR count). The monoisotopic (exact) mass is 517 g/mol. The molecule has 1 saturated heterocycles. The summed E-state index contributed by atoms with van der Waals surface area (Å²) in [6, 6.07) is 24.3. The van der Waals surface area contributed by atoms with E-state index in [0.717, 1.165) is 23.3 Å². The Bertz CT molecular complexity index is 1190. The summed E-state index contributed by atoms with van der Waals surface area (Å²) >= 11 is 0. The molecule has 3 aromatic carbocycles. The topological polar surface area (TPSA) is 80.3 Å². The van der Waals surface area contributed by atoms with Crippen LogP contribution in [0.3, 0.4) is 0 Å². The lowest BCUT2D eigenvalue weighted by Gasteiger charge is -2.37. The van der Waals surface area contributed by atoms with Crippen LogP contribution in [0.25, 0.3) is 0 Å². The van der Waals surface area contributed by atoms with Gasteiger partial charge in [-0.05, 0) is 35.9 Å². The first-order valence-corrected chi connectivity index (χ1v) is 12.8. The van der Waals surface area contributed by atoms with Crippen molar-refractivity contribution in [1.29, 1.82) is 0 Å². The van der Waals surface area contributed by atoms with Gasteiger partial charge >= 0.3 is 0 Å². The Labute approximate surface area is 224 Å². The van der Waals surface area contributed by atoms with Gasteiger partial charge in [-0.2, -0.15) is 0 Å². The third-order valence-electron chi connectivity index (χ3n) is 6.38. The zero-order valence-corrected chi connectivity index (χ0v) is 22.0. The number of hydrogen-bond donors (Lipinski definition) is 1. The number of amides is 2. The minimum atomic E-state index is -0.614. The lowest BCUT2D eigenvalue weighted by atomic mass is 10.1.